The minimum Gasteiger partial charge on any atom is -0.496 e. The van der Waals surface area contributed by atoms with E-state index >= 15 is 0 Å². The molecule has 0 bridgehead atoms. The van der Waals surface area contributed by atoms with Crippen LogP contribution in [0.3, 0.4) is 0 Å². The molecule has 1 aromatic carbocycles. The van der Waals surface area contributed by atoms with E-state index in [-0.39, 0.29) is 11.6 Å². The van der Waals surface area contributed by atoms with Crippen molar-refractivity contribution in [3.8, 4) is 16.5 Å². The maximum atomic E-state index is 12.4. The highest BCUT2D eigenvalue weighted by Gasteiger charge is 2.18. The van der Waals surface area contributed by atoms with Crippen molar-refractivity contribution in [2.24, 2.45) is 0 Å². The van der Waals surface area contributed by atoms with Crippen LogP contribution in [0.15, 0.2) is 22.6 Å². The maximum Gasteiger partial charge on any atom is 0.322 e. The summed E-state index contributed by atoms with van der Waals surface area (Å²) in [5.74, 6) is 0.249. The highest BCUT2D eigenvalue weighted by molar-refractivity contribution is 7.15. The molecule has 0 spiro atoms. The van der Waals surface area contributed by atoms with Gasteiger partial charge in [-0.25, -0.2) is 4.98 Å². The quantitative estimate of drug-likeness (QED) is 0.758. The second kappa shape index (κ2) is 6.58. The molecule has 2 aromatic heterocycles. The van der Waals surface area contributed by atoms with Gasteiger partial charge in [0.2, 0.25) is 0 Å². The highest BCUT2D eigenvalue weighted by Crippen LogP contribution is 2.30. The lowest BCUT2D eigenvalue weighted by Crippen LogP contribution is -2.13. The number of ether oxygens (including phenoxy) is 1. The number of aryl methyl sites for hydroxylation is 2. The van der Waals surface area contributed by atoms with Gasteiger partial charge in [0, 0.05) is 5.02 Å². The van der Waals surface area contributed by atoms with Gasteiger partial charge in [0.1, 0.15) is 10.6 Å². The number of thiazole rings is 1. The van der Waals surface area contributed by atoms with Crippen molar-refractivity contribution in [1.29, 1.82) is 0 Å². The standard InChI is InChI=1S/C15H13ClN4O3S/c1-7-12(24-8(2)17-7)14-19-20-15(23-14)18-13(21)10-6-9(16)4-5-11(10)22-3/h4-6H,1-3H3,(H,18,20,21). The fourth-order valence-corrected chi connectivity index (χ4v) is 3.13. The third kappa shape index (κ3) is 3.24. The molecule has 1 amide bonds. The molecular formula is C15H13ClN4O3S. The van der Waals surface area contributed by atoms with Gasteiger partial charge in [-0.05, 0) is 32.0 Å². The first kappa shape index (κ1) is 16.4. The van der Waals surface area contributed by atoms with Crippen molar-refractivity contribution >= 4 is 34.9 Å². The Morgan fingerprint density at radius 1 is 1.33 bits per heavy atom. The molecule has 24 heavy (non-hydrogen) atoms. The molecule has 0 aliphatic carbocycles. The first-order chi connectivity index (χ1) is 11.5. The number of carbonyl (C=O) groups excluding carboxylic acids is 1. The molecule has 124 valence electrons. The Labute approximate surface area is 146 Å². The number of rotatable bonds is 4. The van der Waals surface area contributed by atoms with Crippen LogP contribution in [0, 0.1) is 13.8 Å². The number of amides is 1. The molecule has 0 aliphatic rings. The number of nitrogens with zero attached hydrogens (tertiary/aromatic N) is 3. The van der Waals surface area contributed by atoms with E-state index in [0.717, 1.165) is 15.6 Å². The second-order valence-corrected chi connectivity index (χ2v) is 6.50. The van der Waals surface area contributed by atoms with Crippen LogP contribution in [0.1, 0.15) is 21.1 Å². The molecule has 1 N–H and O–H groups in total. The van der Waals surface area contributed by atoms with E-state index in [9.17, 15) is 4.79 Å². The third-order valence-electron chi connectivity index (χ3n) is 3.15. The second-order valence-electron chi connectivity index (χ2n) is 4.86. The summed E-state index contributed by atoms with van der Waals surface area (Å²) in [6.07, 6.45) is 0. The van der Waals surface area contributed by atoms with Gasteiger partial charge in [0.25, 0.3) is 11.8 Å². The van der Waals surface area contributed by atoms with Gasteiger partial charge in [-0.3, -0.25) is 10.1 Å². The van der Waals surface area contributed by atoms with Gasteiger partial charge in [0.05, 0.1) is 23.4 Å². The fourth-order valence-electron chi connectivity index (χ4n) is 2.12. The molecule has 0 radical (unpaired) electrons. The summed E-state index contributed by atoms with van der Waals surface area (Å²) in [6, 6.07) is 4.74. The number of anilines is 1. The summed E-state index contributed by atoms with van der Waals surface area (Å²) in [5, 5.41) is 11.7. The Morgan fingerprint density at radius 2 is 2.12 bits per heavy atom. The highest BCUT2D eigenvalue weighted by atomic mass is 35.5. The smallest absolute Gasteiger partial charge is 0.322 e. The van der Waals surface area contributed by atoms with E-state index in [1.807, 2.05) is 13.8 Å². The van der Waals surface area contributed by atoms with Gasteiger partial charge in [-0.2, -0.15) is 0 Å². The predicted molar refractivity (Wildman–Crippen MR) is 90.8 cm³/mol. The molecule has 3 aromatic rings. The number of halogens is 1. The number of nitrogens with one attached hydrogen (secondary N) is 1. The first-order valence-electron chi connectivity index (χ1n) is 6.90. The van der Waals surface area contributed by atoms with Crippen LogP contribution in [0.5, 0.6) is 5.75 Å². The van der Waals surface area contributed by atoms with Crippen molar-refractivity contribution in [2.75, 3.05) is 12.4 Å². The van der Waals surface area contributed by atoms with Crippen molar-refractivity contribution in [2.45, 2.75) is 13.8 Å². The lowest BCUT2D eigenvalue weighted by atomic mass is 10.2. The molecule has 0 aliphatic heterocycles. The lowest BCUT2D eigenvalue weighted by molar-refractivity contribution is 0.102. The third-order valence-corrected chi connectivity index (χ3v) is 4.45. The molecule has 0 saturated carbocycles. The Bertz CT molecular complexity index is 906. The fraction of sp³-hybridized carbons (Fsp3) is 0.200. The summed E-state index contributed by atoms with van der Waals surface area (Å²) in [4.78, 5) is 17.5. The molecule has 0 unspecified atom stereocenters. The summed E-state index contributed by atoms with van der Waals surface area (Å²) < 4.78 is 10.7. The minimum atomic E-state index is -0.457. The van der Waals surface area contributed by atoms with Gasteiger partial charge in [-0.1, -0.05) is 16.7 Å². The number of benzene rings is 1. The van der Waals surface area contributed by atoms with E-state index in [1.54, 1.807) is 12.1 Å². The van der Waals surface area contributed by atoms with E-state index in [4.69, 9.17) is 20.8 Å². The Balaban J connectivity index is 1.84. The molecule has 0 saturated heterocycles. The molecule has 2 heterocycles. The summed E-state index contributed by atoms with van der Waals surface area (Å²) in [7, 11) is 1.47. The van der Waals surface area contributed by atoms with Crippen LogP contribution < -0.4 is 10.1 Å². The topological polar surface area (TPSA) is 90.1 Å². The molecule has 9 heteroatoms. The van der Waals surface area contributed by atoms with Crippen LogP contribution in [-0.2, 0) is 0 Å². The molecule has 0 atom stereocenters. The first-order valence-corrected chi connectivity index (χ1v) is 8.10. The summed E-state index contributed by atoms with van der Waals surface area (Å²) >= 11 is 7.38. The number of aromatic nitrogens is 3. The van der Waals surface area contributed by atoms with Gasteiger partial charge < -0.3 is 9.15 Å². The van der Waals surface area contributed by atoms with Crippen LogP contribution in [0.2, 0.25) is 5.02 Å². The van der Waals surface area contributed by atoms with Crippen LogP contribution in [0.25, 0.3) is 10.8 Å². The molecule has 0 fully saturated rings. The predicted octanol–water partition coefficient (Wildman–Crippen LogP) is 3.72. The average molecular weight is 365 g/mol. The van der Waals surface area contributed by atoms with Crippen molar-refractivity contribution < 1.29 is 13.9 Å². The van der Waals surface area contributed by atoms with Crippen molar-refractivity contribution in [3.05, 3.63) is 39.5 Å². The van der Waals surface area contributed by atoms with E-state index in [1.165, 1.54) is 24.5 Å². The van der Waals surface area contributed by atoms with Crippen molar-refractivity contribution in [1.82, 2.24) is 15.2 Å². The van der Waals surface area contributed by atoms with Gasteiger partial charge in [-0.15, -0.1) is 16.4 Å². The van der Waals surface area contributed by atoms with E-state index in [0.29, 0.717) is 16.7 Å². The SMILES string of the molecule is COc1ccc(Cl)cc1C(=O)Nc1nnc(-c2sc(C)nc2C)o1. The molecular weight excluding hydrogens is 352 g/mol. The monoisotopic (exact) mass is 364 g/mol. The van der Waals surface area contributed by atoms with E-state index in [2.05, 4.69) is 20.5 Å². The Kier molecular flexibility index (Phi) is 4.50. The van der Waals surface area contributed by atoms with Crippen LogP contribution in [-0.4, -0.2) is 28.2 Å². The van der Waals surface area contributed by atoms with Crippen LogP contribution in [0.4, 0.5) is 6.01 Å². The number of methoxy groups -OCH3 is 1. The molecule has 7 nitrogen and oxygen atoms in total. The largest absolute Gasteiger partial charge is 0.496 e. The molecule has 3 rings (SSSR count). The lowest BCUT2D eigenvalue weighted by Gasteiger charge is -2.07. The zero-order chi connectivity index (χ0) is 17.3. The average Bonchev–Trinajstić information content (AvgIpc) is 3.13. The number of hydrogen-bond donors (Lipinski definition) is 1. The Hall–Kier alpha value is -2.45. The summed E-state index contributed by atoms with van der Waals surface area (Å²) in [6.45, 7) is 3.75. The Morgan fingerprint density at radius 3 is 2.79 bits per heavy atom. The normalized spacial score (nSPS) is 10.7. The van der Waals surface area contributed by atoms with Gasteiger partial charge in [0.15, 0.2) is 0 Å². The zero-order valence-corrected chi connectivity index (χ0v) is 14.7. The summed E-state index contributed by atoms with van der Waals surface area (Å²) in [5.41, 5.74) is 1.07. The minimum absolute atomic E-state index is 0.0116. The van der Waals surface area contributed by atoms with E-state index < -0.39 is 5.91 Å². The van der Waals surface area contributed by atoms with Crippen molar-refractivity contribution in [3.63, 3.8) is 0 Å². The number of carbonyl (C=O) groups is 1. The van der Waals surface area contributed by atoms with Crippen LogP contribution >= 0.6 is 22.9 Å². The zero-order valence-electron chi connectivity index (χ0n) is 13.1. The maximum absolute atomic E-state index is 12.4. The van der Waals surface area contributed by atoms with Gasteiger partial charge >= 0.3 is 6.01 Å². The number of hydrogen-bond acceptors (Lipinski definition) is 7.